The lowest BCUT2D eigenvalue weighted by Gasteiger charge is -2.09. The molecule has 0 aliphatic heterocycles. The summed E-state index contributed by atoms with van der Waals surface area (Å²) in [5.41, 5.74) is -1.16. The van der Waals surface area contributed by atoms with E-state index < -0.39 is 23.7 Å². The predicted octanol–water partition coefficient (Wildman–Crippen LogP) is 2.48. The molecule has 1 unspecified atom stereocenters. The molecule has 1 N–H and O–H groups in total. The van der Waals surface area contributed by atoms with Crippen molar-refractivity contribution < 1.29 is 22.7 Å². The molecule has 0 amide bonds. The Kier molecular flexibility index (Phi) is 3.27. The molecule has 2 rings (SSSR count). The van der Waals surface area contributed by atoms with Gasteiger partial charge in [0.2, 0.25) is 0 Å². The Hall–Kier alpha value is -1.96. The van der Waals surface area contributed by atoms with Crippen molar-refractivity contribution in [3.05, 3.63) is 41.5 Å². The number of aliphatic hydroxyl groups is 1. The maximum atomic E-state index is 13.1. The summed E-state index contributed by atoms with van der Waals surface area (Å²) in [4.78, 5) is 0. The number of hydrogen-bond acceptors (Lipinski definition) is 3. The van der Waals surface area contributed by atoms with Crippen molar-refractivity contribution in [2.45, 2.75) is 19.2 Å². The minimum atomic E-state index is -4.78. The van der Waals surface area contributed by atoms with Gasteiger partial charge < -0.3 is 5.11 Å². The topological polar surface area (TPSA) is 50.9 Å². The van der Waals surface area contributed by atoms with Crippen LogP contribution >= 0.6 is 0 Å². The summed E-state index contributed by atoms with van der Waals surface area (Å²) >= 11 is 0. The molecule has 8 heteroatoms. The van der Waals surface area contributed by atoms with Crippen molar-refractivity contribution in [3.8, 4) is 5.69 Å². The first kappa shape index (κ1) is 13.5. The molecule has 1 heterocycles. The number of nitrogens with zero attached hydrogens (tertiary/aromatic N) is 3. The number of aliphatic hydroxyl groups excluding tert-OH is 1. The summed E-state index contributed by atoms with van der Waals surface area (Å²) in [6.45, 7) is 1.44. The second-order valence-electron chi connectivity index (χ2n) is 3.93. The maximum absolute atomic E-state index is 13.1. The highest BCUT2D eigenvalue weighted by molar-refractivity contribution is 5.37. The van der Waals surface area contributed by atoms with Gasteiger partial charge in [-0.3, -0.25) is 0 Å². The molecule has 0 saturated carbocycles. The summed E-state index contributed by atoms with van der Waals surface area (Å²) < 4.78 is 51.8. The largest absolute Gasteiger partial charge is 0.419 e. The Labute approximate surface area is 105 Å². The van der Waals surface area contributed by atoms with Crippen LogP contribution < -0.4 is 0 Å². The van der Waals surface area contributed by atoms with E-state index in [9.17, 15) is 22.7 Å². The summed E-state index contributed by atoms with van der Waals surface area (Å²) in [6.07, 6.45) is -4.40. The first-order chi connectivity index (χ1) is 8.79. The van der Waals surface area contributed by atoms with Crippen LogP contribution in [0.4, 0.5) is 17.6 Å². The molecular formula is C11H9F4N3O. The summed E-state index contributed by atoms with van der Waals surface area (Å²) in [5, 5.41) is 16.4. The lowest BCUT2D eigenvalue weighted by atomic mass is 10.2. The third kappa shape index (κ3) is 2.73. The predicted molar refractivity (Wildman–Crippen MR) is 57.0 cm³/mol. The van der Waals surface area contributed by atoms with E-state index in [4.69, 9.17) is 0 Å². The zero-order valence-electron chi connectivity index (χ0n) is 9.69. The van der Waals surface area contributed by atoms with E-state index in [1.54, 1.807) is 0 Å². The van der Waals surface area contributed by atoms with E-state index in [1.165, 1.54) is 13.1 Å². The smallest absolute Gasteiger partial charge is 0.387 e. The van der Waals surface area contributed by atoms with Gasteiger partial charge in [-0.1, -0.05) is 5.21 Å². The highest BCUT2D eigenvalue weighted by atomic mass is 19.4. The Morgan fingerprint density at radius 3 is 2.53 bits per heavy atom. The lowest BCUT2D eigenvalue weighted by Crippen LogP contribution is -2.09. The van der Waals surface area contributed by atoms with E-state index in [0.29, 0.717) is 12.1 Å². The first-order valence-corrected chi connectivity index (χ1v) is 5.26. The van der Waals surface area contributed by atoms with Gasteiger partial charge in [0, 0.05) is 0 Å². The number of rotatable bonds is 2. The lowest BCUT2D eigenvalue weighted by molar-refractivity contribution is -0.140. The minimum Gasteiger partial charge on any atom is -0.387 e. The van der Waals surface area contributed by atoms with Gasteiger partial charge in [0.1, 0.15) is 11.5 Å². The Bertz CT molecular complexity index is 592. The Morgan fingerprint density at radius 2 is 2.00 bits per heavy atom. The first-order valence-electron chi connectivity index (χ1n) is 5.26. The van der Waals surface area contributed by atoms with Gasteiger partial charge in [-0.2, -0.15) is 13.2 Å². The Balaban J connectivity index is 2.45. The fraction of sp³-hybridized carbons (Fsp3) is 0.273. The van der Waals surface area contributed by atoms with Crippen LogP contribution in [0.25, 0.3) is 5.69 Å². The van der Waals surface area contributed by atoms with Gasteiger partial charge in [-0.05, 0) is 25.1 Å². The molecule has 1 aromatic heterocycles. The summed E-state index contributed by atoms with van der Waals surface area (Å²) in [6, 6.07) is 2.49. The number of halogens is 4. The van der Waals surface area contributed by atoms with Gasteiger partial charge in [0.25, 0.3) is 0 Å². The molecule has 102 valence electrons. The molecule has 0 bridgehead atoms. The number of benzene rings is 1. The zero-order chi connectivity index (χ0) is 14.2. The average Bonchev–Trinajstić information content (AvgIpc) is 2.77. The minimum absolute atomic E-state index is 0.00752. The molecule has 0 radical (unpaired) electrons. The van der Waals surface area contributed by atoms with Crippen LogP contribution in [0.5, 0.6) is 0 Å². The highest BCUT2D eigenvalue weighted by Gasteiger charge is 2.34. The van der Waals surface area contributed by atoms with Crippen molar-refractivity contribution in [1.82, 2.24) is 15.0 Å². The van der Waals surface area contributed by atoms with Crippen LogP contribution in [-0.2, 0) is 6.18 Å². The van der Waals surface area contributed by atoms with Gasteiger partial charge in [0.05, 0.1) is 23.6 Å². The summed E-state index contributed by atoms with van der Waals surface area (Å²) in [5.74, 6) is -1.35. The SMILES string of the molecule is CC(O)c1cn(-c2ccc(F)c(C(F)(F)F)c2)nn1. The second kappa shape index (κ2) is 4.61. The van der Waals surface area contributed by atoms with Crippen molar-refractivity contribution in [1.29, 1.82) is 0 Å². The molecule has 0 spiro atoms. The quantitative estimate of drug-likeness (QED) is 0.857. The van der Waals surface area contributed by atoms with Crippen molar-refractivity contribution in [2.75, 3.05) is 0 Å². The number of aromatic nitrogens is 3. The monoisotopic (exact) mass is 275 g/mol. The molecule has 0 fully saturated rings. The van der Waals surface area contributed by atoms with Crippen LogP contribution in [0.3, 0.4) is 0 Å². The molecule has 1 aromatic carbocycles. The van der Waals surface area contributed by atoms with E-state index >= 15 is 0 Å². The molecule has 0 aliphatic carbocycles. The van der Waals surface area contributed by atoms with Crippen molar-refractivity contribution in [3.63, 3.8) is 0 Å². The standard InChI is InChI=1S/C11H9F4N3O/c1-6(19)10-5-18(17-16-10)7-2-3-9(12)8(4-7)11(13,14)15/h2-6,19H,1H3. The van der Waals surface area contributed by atoms with Gasteiger partial charge in [-0.25, -0.2) is 9.07 Å². The normalized spacial score (nSPS) is 13.6. The third-order valence-electron chi connectivity index (χ3n) is 2.46. The molecule has 4 nitrogen and oxygen atoms in total. The molecule has 2 aromatic rings. The molecule has 0 saturated heterocycles. The molecule has 1 atom stereocenters. The fourth-order valence-electron chi connectivity index (χ4n) is 1.47. The van der Waals surface area contributed by atoms with E-state index in [-0.39, 0.29) is 11.4 Å². The van der Waals surface area contributed by atoms with Crippen LogP contribution in [0.15, 0.2) is 24.4 Å². The van der Waals surface area contributed by atoms with Gasteiger partial charge in [-0.15, -0.1) is 5.10 Å². The fourth-order valence-corrected chi connectivity index (χ4v) is 1.47. The second-order valence-corrected chi connectivity index (χ2v) is 3.93. The van der Waals surface area contributed by atoms with Crippen LogP contribution in [-0.4, -0.2) is 20.1 Å². The van der Waals surface area contributed by atoms with E-state index in [2.05, 4.69) is 10.3 Å². The average molecular weight is 275 g/mol. The Morgan fingerprint density at radius 1 is 1.32 bits per heavy atom. The molecular weight excluding hydrogens is 266 g/mol. The number of hydrogen-bond donors (Lipinski definition) is 1. The van der Waals surface area contributed by atoms with Gasteiger partial charge in [0.15, 0.2) is 0 Å². The molecule has 19 heavy (non-hydrogen) atoms. The van der Waals surface area contributed by atoms with Crippen LogP contribution in [0.2, 0.25) is 0 Å². The van der Waals surface area contributed by atoms with Crippen molar-refractivity contribution >= 4 is 0 Å². The van der Waals surface area contributed by atoms with E-state index in [1.807, 2.05) is 0 Å². The molecule has 0 aliphatic rings. The van der Waals surface area contributed by atoms with Gasteiger partial charge >= 0.3 is 6.18 Å². The van der Waals surface area contributed by atoms with Crippen LogP contribution in [0, 0.1) is 5.82 Å². The third-order valence-corrected chi connectivity index (χ3v) is 2.46. The summed E-state index contributed by atoms with van der Waals surface area (Å²) in [7, 11) is 0. The zero-order valence-corrected chi connectivity index (χ0v) is 9.69. The van der Waals surface area contributed by atoms with Crippen LogP contribution in [0.1, 0.15) is 24.3 Å². The number of alkyl halides is 3. The maximum Gasteiger partial charge on any atom is 0.419 e. The highest BCUT2D eigenvalue weighted by Crippen LogP contribution is 2.32. The van der Waals surface area contributed by atoms with Crippen molar-refractivity contribution in [2.24, 2.45) is 0 Å². The van der Waals surface area contributed by atoms with E-state index in [0.717, 1.165) is 10.7 Å².